The zero-order valence-electron chi connectivity index (χ0n) is 15.4. The molecule has 1 N–H and O–H groups in total. The molecule has 4 rings (SSSR count). The van der Waals surface area contributed by atoms with Gasteiger partial charge in [-0.2, -0.15) is 0 Å². The summed E-state index contributed by atoms with van der Waals surface area (Å²) in [5.41, 5.74) is 1.14. The molecule has 144 valence electrons. The number of hydrogen-bond donors (Lipinski definition) is 1. The van der Waals surface area contributed by atoms with Crippen molar-refractivity contribution < 1.29 is 19.1 Å². The van der Waals surface area contributed by atoms with Crippen molar-refractivity contribution in [3.63, 3.8) is 0 Å². The van der Waals surface area contributed by atoms with Gasteiger partial charge in [-0.3, -0.25) is 14.6 Å². The Hall–Kier alpha value is -3.42. The summed E-state index contributed by atoms with van der Waals surface area (Å²) in [5.74, 6) is -0.255. The van der Waals surface area contributed by atoms with Gasteiger partial charge in [0.05, 0.1) is 12.8 Å². The number of carbonyl (C=O) groups excluding carboxylic acids is 3. The van der Waals surface area contributed by atoms with Gasteiger partial charge in [0, 0.05) is 24.5 Å². The van der Waals surface area contributed by atoms with Gasteiger partial charge in [0.15, 0.2) is 0 Å². The summed E-state index contributed by atoms with van der Waals surface area (Å²) < 4.78 is 5.40. The lowest BCUT2D eigenvalue weighted by atomic mass is 10.0. The quantitative estimate of drug-likeness (QED) is 0.824. The Labute approximate surface area is 162 Å². The predicted octanol–water partition coefficient (Wildman–Crippen LogP) is 2.66. The van der Waals surface area contributed by atoms with Crippen molar-refractivity contribution in [3.8, 4) is 5.75 Å². The first-order valence-electron chi connectivity index (χ1n) is 9.15. The molecule has 8 nitrogen and oxygen atoms in total. The standard InChI is InChI=1S/C20H20N4O4/c1-28-17-12-13(22-18(25)14-6-2-4-10-21-14)8-9-15(17)24-19(26)16-7-3-5-11-23(16)20(24)27/h2,4,6,8-10,12,16H,3,5,7,11H2,1H3,(H,22,25). The maximum atomic E-state index is 12.8. The number of fused-ring (bicyclic) bond motifs is 1. The number of methoxy groups -OCH3 is 1. The minimum absolute atomic E-state index is 0.228. The van der Waals surface area contributed by atoms with Crippen LogP contribution in [0.15, 0.2) is 42.6 Å². The van der Waals surface area contributed by atoms with E-state index >= 15 is 0 Å². The van der Waals surface area contributed by atoms with E-state index in [9.17, 15) is 14.4 Å². The second-order valence-corrected chi connectivity index (χ2v) is 6.72. The third-order valence-corrected chi connectivity index (χ3v) is 5.02. The van der Waals surface area contributed by atoms with Gasteiger partial charge in [-0.25, -0.2) is 9.69 Å². The number of piperidine rings is 1. The molecule has 3 heterocycles. The topological polar surface area (TPSA) is 91.8 Å². The van der Waals surface area contributed by atoms with Crippen LogP contribution in [0.1, 0.15) is 29.8 Å². The molecule has 0 spiro atoms. The molecule has 8 heteroatoms. The molecule has 1 unspecified atom stereocenters. The summed E-state index contributed by atoms with van der Waals surface area (Å²) in [6.45, 7) is 0.590. The minimum Gasteiger partial charge on any atom is -0.494 e. The summed E-state index contributed by atoms with van der Waals surface area (Å²) in [7, 11) is 1.46. The molecule has 1 aromatic heterocycles. The van der Waals surface area contributed by atoms with E-state index in [2.05, 4.69) is 10.3 Å². The van der Waals surface area contributed by atoms with E-state index in [0.29, 0.717) is 30.1 Å². The average molecular weight is 380 g/mol. The highest BCUT2D eigenvalue weighted by Crippen LogP contribution is 2.37. The second kappa shape index (κ2) is 7.30. The first-order chi connectivity index (χ1) is 13.6. The third kappa shape index (κ3) is 3.06. The van der Waals surface area contributed by atoms with Crippen LogP contribution in [-0.4, -0.2) is 47.4 Å². The zero-order chi connectivity index (χ0) is 19.7. The zero-order valence-corrected chi connectivity index (χ0v) is 15.4. The molecule has 1 aromatic carbocycles. The lowest BCUT2D eigenvalue weighted by Gasteiger charge is -2.26. The summed E-state index contributed by atoms with van der Waals surface area (Å²) >= 11 is 0. The van der Waals surface area contributed by atoms with Gasteiger partial charge in [0.25, 0.3) is 11.8 Å². The molecule has 2 aliphatic heterocycles. The highest BCUT2D eigenvalue weighted by Gasteiger charge is 2.47. The lowest BCUT2D eigenvalue weighted by Crippen LogP contribution is -2.39. The number of anilines is 2. The van der Waals surface area contributed by atoms with Crippen molar-refractivity contribution in [1.82, 2.24) is 9.88 Å². The number of urea groups is 1. The maximum Gasteiger partial charge on any atom is 0.332 e. The van der Waals surface area contributed by atoms with Crippen LogP contribution < -0.4 is 15.0 Å². The van der Waals surface area contributed by atoms with E-state index < -0.39 is 6.04 Å². The number of hydrogen-bond acceptors (Lipinski definition) is 5. The van der Waals surface area contributed by atoms with Gasteiger partial charge in [-0.05, 0) is 43.5 Å². The van der Waals surface area contributed by atoms with E-state index in [-0.39, 0.29) is 23.5 Å². The Morgan fingerprint density at radius 1 is 1.21 bits per heavy atom. The third-order valence-electron chi connectivity index (χ3n) is 5.02. The molecule has 2 fully saturated rings. The molecule has 0 aliphatic carbocycles. The van der Waals surface area contributed by atoms with Crippen molar-refractivity contribution in [1.29, 1.82) is 0 Å². The molecule has 0 radical (unpaired) electrons. The fourth-order valence-corrected chi connectivity index (χ4v) is 3.64. The summed E-state index contributed by atoms with van der Waals surface area (Å²) in [6.07, 6.45) is 4.06. The molecule has 2 saturated heterocycles. The first-order valence-corrected chi connectivity index (χ1v) is 9.15. The van der Waals surface area contributed by atoms with Crippen molar-refractivity contribution in [3.05, 3.63) is 48.3 Å². The van der Waals surface area contributed by atoms with E-state index in [1.807, 2.05) is 0 Å². The molecule has 2 aromatic rings. The van der Waals surface area contributed by atoms with E-state index in [4.69, 9.17) is 4.74 Å². The number of benzene rings is 1. The number of ether oxygens (including phenoxy) is 1. The van der Waals surface area contributed by atoms with Crippen LogP contribution in [0.5, 0.6) is 5.75 Å². The number of rotatable bonds is 4. The summed E-state index contributed by atoms with van der Waals surface area (Å²) in [6, 6.07) is 9.19. The summed E-state index contributed by atoms with van der Waals surface area (Å²) in [4.78, 5) is 44.7. The predicted molar refractivity (Wildman–Crippen MR) is 102 cm³/mol. The first kappa shape index (κ1) is 18.0. The number of nitrogens with zero attached hydrogens (tertiary/aromatic N) is 3. The number of imide groups is 1. The van der Waals surface area contributed by atoms with Crippen molar-refractivity contribution >= 4 is 29.2 Å². The Balaban J connectivity index is 1.60. The van der Waals surface area contributed by atoms with Crippen molar-refractivity contribution in [2.24, 2.45) is 0 Å². The fourth-order valence-electron chi connectivity index (χ4n) is 3.64. The molecule has 0 saturated carbocycles. The van der Waals surface area contributed by atoms with Gasteiger partial charge in [0.1, 0.15) is 17.5 Å². The summed E-state index contributed by atoms with van der Waals surface area (Å²) in [5, 5.41) is 2.74. The lowest BCUT2D eigenvalue weighted by molar-refractivity contribution is -0.120. The minimum atomic E-state index is -0.394. The Bertz CT molecular complexity index is 907. The average Bonchev–Trinajstić information content (AvgIpc) is 2.99. The monoisotopic (exact) mass is 380 g/mol. The van der Waals surface area contributed by atoms with E-state index in [0.717, 1.165) is 12.8 Å². The molecular weight excluding hydrogens is 360 g/mol. The van der Waals surface area contributed by atoms with Crippen LogP contribution in [-0.2, 0) is 4.79 Å². The molecule has 2 aliphatic rings. The number of aromatic nitrogens is 1. The van der Waals surface area contributed by atoms with Crippen molar-refractivity contribution in [2.75, 3.05) is 23.9 Å². The molecular formula is C20H20N4O4. The van der Waals surface area contributed by atoms with E-state index in [1.165, 1.54) is 18.2 Å². The number of nitrogens with one attached hydrogen (secondary N) is 1. The number of carbonyl (C=O) groups is 3. The Morgan fingerprint density at radius 2 is 2.07 bits per heavy atom. The van der Waals surface area contributed by atoms with Crippen LogP contribution >= 0.6 is 0 Å². The van der Waals surface area contributed by atoms with Gasteiger partial charge in [-0.15, -0.1) is 0 Å². The SMILES string of the molecule is COc1cc(NC(=O)c2ccccn2)ccc1N1C(=O)C2CCCCN2C1=O. The molecule has 4 amide bonds. The fraction of sp³-hybridized carbons (Fsp3) is 0.300. The van der Waals surface area contributed by atoms with Crippen LogP contribution in [0.4, 0.5) is 16.2 Å². The van der Waals surface area contributed by atoms with Crippen LogP contribution in [0.2, 0.25) is 0 Å². The maximum absolute atomic E-state index is 12.8. The largest absolute Gasteiger partial charge is 0.494 e. The number of amides is 4. The van der Waals surface area contributed by atoms with E-state index in [1.54, 1.807) is 41.3 Å². The molecule has 28 heavy (non-hydrogen) atoms. The second-order valence-electron chi connectivity index (χ2n) is 6.72. The Kier molecular flexibility index (Phi) is 4.68. The molecule has 0 bridgehead atoms. The Morgan fingerprint density at radius 3 is 2.79 bits per heavy atom. The molecule has 1 atom stereocenters. The van der Waals surface area contributed by atoms with Crippen LogP contribution in [0.3, 0.4) is 0 Å². The smallest absolute Gasteiger partial charge is 0.332 e. The van der Waals surface area contributed by atoms with Gasteiger partial charge in [0.2, 0.25) is 0 Å². The van der Waals surface area contributed by atoms with Gasteiger partial charge in [-0.1, -0.05) is 6.07 Å². The van der Waals surface area contributed by atoms with Gasteiger partial charge >= 0.3 is 6.03 Å². The highest BCUT2D eigenvalue weighted by atomic mass is 16.5. The van der Waals surface area contributed by atoms with Gasteiger partial charge < -0.3 is 15.0 Å². The van der Waals surface area contributed by atoms with Crippen LogP contribution in [0, 0.1) is 0 Å². The van der Waals surface area contributed by atoms with Crippen LogP contribution in [0.25, 0.3) is 0 Å². The van der Waals surface area contributed by atoms with Crippen molar-refractivity contribution in [2.45, 2.75) is 25.3 Å². The normalized spacial score (nSPS) is 18.8. The number of pyridine rings is 1. The highest BCUT2D eigenvalue weighted by molar-refractivity contribution is 6.22.